The lowest BCUT2D eigenvalue weighted by Gasteiger charge is -2.20. The van der Waals surface area contributed by atoms with E-state index < -0.39 is 12.0 Å². The van der Waals surface area contributed by atoms with Crippen LogP contribution in [0.3, 0.4) is 0 Å². The summed E-state index contributed by atoms with van der Waals surface area (Å²) in [5.74, 6) is -1.75. The Labute approximate surface area is 118 Å². The van der Waals surface area contributed by atoms with Gasteiger partial charge in [-0.25, -0.2) is 4.39 Å². The molecule has 0 aliphatic rings. The number of ketones is 1. The molecule has 0 saturated heterocycles. The molecule has 0 radical (unpaired) electrons. The number of nitrogens with one attached hydrogen (secondary N) is 1. The van der Waals surface area contributed by atoms with Crippen LogP contribution in [0.5, 0.6) is 0 Å². The molecule has 0 aliphatic heterocycles. The Balaban J connectivity index is 2.96. The molecule has 0 aromatic heterocycles. The monoisotopic (exact) mass is 281 g/mol. The van der Waals surface area contributed by atoms with Crippen molar-refractivity contribution in [3.63, 3.8) is 0 Å². The van der Waals surface area contributed by atoms with Crippen molar-refractivity contribution in [1.82, 2.24) is 5.32 Å². The van der Waals surface area contributed by atoms with Gasteiger partial charge in [-0.15, -0.1) is 0 Å². The van der Waals surface area contributed by atoms with Crippen LogP contribution in [0, 0.1) is 12.7 Å². The quantitative estimate of drug-likeness (QED) is 0.754. The molecule has 2 N–H and O–H groups in total. The number of rotatable bonds is 7. The highest BCUT2D eigenvalue weighted by Gasteiger charge is 2.24. The average molecular weight is 281 g/mol. The van der Waals surface area contributed by atoms with Crippen molar-refractivity contribution in [3.8, 4) is 0 Å². The van der Waals surface area contributed by atoms with Crippen LogP contribution in [0.1, 0.15) is 42.6 Å². The van der Waals surface area contributed by atoms with Gasteiger partial charge in [0.2, 0.25) is 0 Å². The number of halogens is 1. The van der Waals surface area contributed by atoms with Gasteiger partial charge in [0.15, 0.2) is 5.78 Å². The van der Waals surface area contributed by atoms with E-state index in [4.69, 9.17) is 5.11 Å². The number of aliphatic carboxylic acids is 1. The predicted octanol–water partition coefficient (Wildman–Crippen LogP) is 2.55. The molecule has 5 heteroatoms. The lowest BCUT2D eigenvalue weighted by Crippen LogP contribution is -2.43. The van der Waals surface area contributed by atoms with E-state index in [1.165, 1.54) is 18.2 Å². The van der Waals surface area contributed by atoms with Crippen molar-refractivity contribution in [3.05, 3.63) is 35.1 Å². The molecular formula is C15H20FNO3. The number of hydrogen-bond donors (Lipinski definition) is 2. The fourth-order valence-corrected chi connectivity index (χ4v) is 1.86. The minimum absolute atomic E-state index is 0.0323. The predicted molar refractivity (Wildman–Crippen MR) is 74.4 cm³/mol. The summed E-state index contributed by atoms with van der Waals surface area (Å²) in [7, 11) is 0. The third kappa shape index (κ3) is 4.42. The van der Waals surface area contributed by atoms with Crippen molar-refractivity contribution in [2.24, 2.45) is 0 Å². The standard InChI is InChI=1S/C15H20FNO3/c1-4-10(3)17-13(8-14(18)19)15(20)11-5-6-12(16)9(2)7-11/h5-7,10,13,17H,4,8H2,1-3H3,(H,18,19). The lowest BCUT2D eigenvalue weighted by atomic mass is 9.99. The van der Waals surface area contributed by atoms with E-state index in [-0.39, 0.29) is 24.1 Å². The van der Waals surface area contributed by atoms with Gasteiger partial charge in [-0.05, 0) is 44.0 Å². The summed E-state index contributed by atoms with van der Waals surface area (Å²) in [6.45, 7) is 5.40. The van der Waals surface area contributed by atoms with E-state index >= 15 is 0 Å². The van der Waals surface area contributed by atoms with Crippen LogP contribution in [0.15, 0.2) is 18.2 Å². The Morgan fingerprint density at radius 2 is 2.05 bits per heavy atom. The summed E-state index contributed by atoms with van der Waals surface area (Å²) in [4.78, 5) is 23.2. The molecule has 0 heterocycles. The number of aryl methyl sites for hydroxylation is 1. The summed E-state index contributed by atoms with van der Waals surface area (Å²) < 4.78 is 13.2. The first-order chi connectivity index (χ1) is 9.35. The summed E-state index contributed by atoms with van der Waals surface area (Å²) in [5.41, 5.74) is 0.694. The van der Waals surface area contributed by atoms with Gasteiger partial charge >= 0.3 is 5.97 Å². The number of carboxylic acid groups (broad SMARTS) is 1. The normalized spacial score (nSPS) is 13.8. The topological polar surface area (TPSA) is 66.4 Å². The molecule has 0 fully saturated rings. The number of carboxylic acids is 1. The minimum Gasteiger partial charge on any atom is -0.481 e. The second kappa shape index (κ2) is 7.14. The highest BCUT2D eigenvalue weighted by atomic mass is 19.1. The summed E-state index contributed by atoms with van der Waals surface area (Å²) in [6, 6.07) is 3.30. The molecule has 1 aromatic carbocycles. The number of carbonyl (C=O) groups is 2. The van der Waals surface area contributed by atoms with E-state index in [2.05, 4.69) is 5.32 Å². The maximum absolute atomic E-state index is 13.2. The van der Waals surface area contributed by atoms with Gasteiger partial charge in [0, 0.05) is 11.6 Å². The fourth-order valence-electron chi connectivity index (χ4n) is 1.86. The Bertz CT molecular complexity index is 502. The summed E-state index contributed by atoms with van der Waals surface area (Å²) >= 11 is 0. The Morgan fingerprint density at radius 3 is 2.55 bits per heavy atom. The van der Waals surface area contributed by atoms with Gasteiger partial charge in [-0.3, -0.25) is 9.59 Å². The molecular weight excluding hydrogens is 261 g/mol. The smallest absolute Gasteiger partial charge is 0.305 e. The molecule has 2 unspecified atom stereocenters. The highest BCUT2D eigenvalue weighted by Crippen LogP contribution is 2.13. The first kappa shape index (κ1) is 16.3. The lowest BCUT2D eigenvalue weighted by molar-refractivity contribution is -0.137. The molecule has 20 heavy (non-hydrogen) atoms. The van der Waals surface area contributed by atoms with Gasteiger partial charge in [0.25, 0.3) is 0 Å². The van der Waals surface area contributed by atoms with E-state index in [9.17, 15) is 14.0 Å². The highest BCUT2D eigenvalue weighted by molar-refractivity contribution is 6.01. The SMILES string of the molecule is CCC(C)NC(CC(=O)O)C(=O)c1ccc(F)c(C)c1. The zero-order valence-electron chi connectivity index (χ0n) is 11.9. The molecule has 0 spiro atoms. The maximum atomic E-state index is 13.2. The molecule has 2 atom stereocenters. The van der Waals surface area contributed by atoms with Gasteiger partial charge < -0.3 is 10.4 Å². The Hall–Kier alpha value is -1.75. The van der Waals surface area contributed by atoms with E-state index in [0.717, 1.165) is 6.42 Å². The number of hydrogen-bond acceptors (Lipinski definition) is 3. The van der Waals surface area contributed by atoms with E-state index in [1.807, 2.05) is 13.8 Å². The van der Waals surface area contributed by atoms with Crippen molar-refractivity contribution in [2.75, 3.05) is 0 Å². The van der Waals surface area contributed by atoms with Gasteiger partial charge in [0.1, 0.15) is 5.82 Å². The largest absolute Gasteiger partial charge is 0.481 e. The zero-order valence-corrected chi connectivity index (χ0v) is 11.9. The molecule has 1 aromatic rings. The Morgan fingerprint density at radius 1 is 1.40 bits per heavy atom. The van der Waals surface area contributed by atoms with Crippen LogP contribution in [0.25, 0.3) is 0 Å². The van der Waals surface area contributed by atoms with Crippen molar-refractivity contribution < 1.29 is 19.1 Å². The van der Waals surface area contributed by atoms with Crippen LogP contribution in [0.4, 0.5) is 4.39 Å². The number of carbonyl (C=O) groups excluding carboxylic acids is 1. The van der Waals surface area contributed by atoms with Crippen LogP contribution in [0.2, 0.25) is 0 Å². The summed E-state index contributed by atoms with van der Waals surface area (Å²) in [6.07, 6.45) is 0.492. The van der Waals surface area contributed by atoms with Crippen LogP contribution in [-0.2, 0) is 4.79 Å². The second-order valence-electron chi connectivity index (χ2n) is 4.95. The third-order valence-corrected chi connectivity index (χ3v) is 3.24. The molecule has 110 valence electrons. The molecule has 4 nitrogen and oxygen atoms in total. The average Bonchev–Trinajstić information content (AvgIpc) is 2.39. The first-order valence-corrected chi connectivity index (χ1v) is 6.63. The molecule has 0 saturated carbocycles. The van der Waals surface area contributed by atoms with E-state index in [1.54, 1.807) is 6.92 Å². The molecule has 0 aliphatic carbocycles. The molecule has 0 bridgehead atoms. The van der Waals surface area contributed by atoms with Gasteiger partial charge in [-0.2, -0.15) is 0 Å². The maximum Gasteiger partial charge on any atom is 0.305 e. The summed E-state index contributed by atoms with van der Waals surface area (Å²) in [5, 5.41) is 11.9. The van der Waals surface area contributed by atoms with Gasteiger partial charge in [0.05, 0.1) is 12.5 Å². The fraction of sp³-hybridized carbons (Fsp3) is 0.467. The van der Waals surface area contributed by atoms with E-state index in [0.29, 0.717) is 11.1 Å². The number of benzene rings is 1. The first-order valence-electron chi connectivity index (χ1n) is 6.63. The zero-order chi connectivity index (χ0) is 15.3. The van der Waals surface area contributed by atoms with Crippen LogP contribution >= 0.6 is 0 Å². The van der Waals surface area contributed by atoms with Crippen LogP contribution in [-0.4, -0.2) is 28.9 Å². The van der Waals surface area contributed by atoms with Crippen molar-refractivity contribution in [2.45, 2.75) is 45.7 Å². The Kier molecular flexibility index (Phi) is 5.82. The molecule has 0 amide bonds. The second-order valence-corrected chi connectivity index (χ2v) is 4.95. The number of Topliss-reactive ketones (excluding diaryl/α,β-unsaturated/α-hetero) is 1. The van der Waals surface area contributed by atoms with Gasteiger partial charge in [-0.1, -0.05) is 6.92 Å². The van der Waals surface area contributed by atoms with Crippen molar-refractivity contribution in [1.29, 1.82) is 0 Å². The van der Waals surface area contributed by atoms with Crippen LogP contribution < -0.4 is 5.32 Å². The van der Waals surface area contributed by atoms with Crippen molar-refractivity contribution >= 4 is 11.8 Å². The third-order valence-electron chi connectivity index (χ3n) is 3.24. The molecule has 1 rings (SSSR count). The minimum atomic E-state index is -1.04.